The molecule has 0 heterocycles. The van der Waals surface area contributed by atoms with Gasteiger partial charge >= 0.3 is 5.97 Å². The van der Waals surface area contributed by atoms with E-state index in [0.717, 1.165) is 41.7 Å². The summed E-state index contributed by atoms with van der Waals surface area (Å²) >= 11 is 0. The number of hydrogen-bond acceptors (Lipinski definition) is 3. The van der Waals surface area contributed by atoms with Gasteiger partial charge in [-0.05, 0) is 104 Å². The average molecular weight is 503 g/mol. The van der Waals surface area contributed by atoms with Crippen molar-refractivity contribution < 1.29 is 19.7 Å². The molecule has 0 bridgehead atoms. The van der Waals surface area contributed by atoms with E-state index < -0.39 is 11.6 Å². The minimum Gasteiger partial charge on any atom is -0.493 e. The number of rotatable bonds is 12. The van der Waals surface area contributed by atoms with Crippen LogP contribution in [0.5, 0.6) is 5.75 Å². The second-order valence-corrected chi connectivity index (χ2v) is 10.6. The minimum atomic E-state index is -0.879. The lowest BCUT2D eigenvalue weighted by molar-refractivity contribution is -0.137. The Morgan fingerprint density at radius 1 is 0.838 bits per heavy atom. The van der Waals surface area contributed by atoms with Crippen LogP contribution in [0, 0.1) is 13.8 Å². The van der Waals surface area contributed by atoms with E-state index in [1.807, 2.05) is 26.0 Å². The first-order valence-electron chi connectivity index (χ1n) is 13.4. The number of carbonyl (C=O) groups is 1. The molecule has 0 unspecified atom stereocenters. The average Bonchev–Trinajstić information content (AvgIpc) is 2.85. The Balaban J connectivity index is 1.89. The standard InChI is InChI=1S/C33H42O4/c1-7-33(8-2,28-16-18-30(24(4)21-28)37-19-10-9-14-31(34)35)27-15-17-29(23(3)20-27)25-12-11-13-26(22-25)32(5,6)36/h11-13,15-18,20-22,36H,7-10,14,19H2,1-6H3,(H,34,35). The summed E-state index contributed by atoms with van der Waals surface area (Å²) in [6, 6.07) is 21.5. The van der Waals surface area contributed by atoms with Crippen LogP contribution in [0.1, 0.15) is 87.6 Å². The van der Waals surface area contributed by atoms with E-state index in [2.05, 4.69) is 76.2 Å². The van der Waals surface area contributed by atoms with Gasteiger partial charge in [0, 0.05) is 11.8 Å². The topological polar surface area (TPSA) is 66.8 Å². The highest BCUT2D eigenvalue weighted by atomic mass is 16.5. The third-order valence-corrected chi connectivity index (χ3v) is 7.64. The zero-order valence-corrected chi connectivity index (χ0v) is 23.2. The molecule has 2 N–H and O–H groups in total. The third-order valence-electron chi connectivity index (χ3n) is 7.64. The van der Waals surface area contributed by atoms with Gasteiger partial charge in [-0.3, -0.25) is 4.79 Å². The van der Waals surface area contributed by atoms with Gasteiger partial charge in [-0.2, -0.15) is 0 Å². The molecular formula is C33H42O4. The normalized spacial score (nSPS) is 12.0. The van der Waals surface area contributed by atoms with Crippen molar-refractivity contribution in [3.8, 4) is 16.9 Å². The molecule has 4 heteroatoms. The summed E-state index contributed by atoms with van der Waals surface area (Å²) in [6.07, 6.45) is 3.49. The summed E-state index contributed by atoms with van der Waals surface area (Å²) < 4.78 is 5.97. The fraction of sp³-hybridized carbons (Fsp3) is 0.424. The van der Waals surface area contributed by atoms with Gasteiger partial charge in [-0.25, -0.2) is 0 Å². The smallest absolute Gasteiger partial charge is 0.303 e. The maximum atomic E-state index is 10.7. The number of aryl methyl sites for hydroxylation is 2. The van der Waals surface area contributed by atoms with E-state index in [4.69, 9.17) is 9.84 Å². The van der Waals surface area contributed by atoms with Crippen molar-refractivity contribution in [1.29, 1.82) is 0 Å². The van der Waals surface area contributed by atoms with Crippen LogP contribution in [0.3, 0.4) is 0 Å². The Bertz CT molecular complexity index is 1220. The monoisotopic (exact) mass is 502 g/mol. The Morgan fingerprint density at radius 2 is 1.49 bits per heavy atom. The van der Waals surface area contributed by atoms with E-state index >= 15 is 0 Å². The van der Waals surface area contributed by atoms with Crippen molar-refractivity contribution in [2.24, 2.45) is 0 Å². The summed E-state index contributed by atoms with van der Waals surface area (Å²) in [7, 11) is 0. The Morgan fingerprint density at radius 3 is 2.05 bits per heavy atom. The fourth-order valence-electron chi connectivity index (χ4n) is 5.26. The summed E-state index contributed by atoms with van der Waals surface area (Å²) in [6.45, 7) is 12.9. The number of aliphatic hydroxyl groups is 1. The highest BCUT2D eigenvalue weighted by Crippen LogP contribution is 2.42. The van der Waals surface area contributed by atoms with Gasteiger partial charge in [-0.1, -0.05) is 62.4 Å². The Hall–Kier alpha value is -3.11. The SMILES string of the molecule is CCC(CC)(c1ccc(OCCCCC(=O)O)c(C)c1)c1ccc(-c2cccc(C(C)(C)O)c2)c(C)c1. The van der Waals surface area contributed by atoms with Crippen LogP contribution >= 0.6 is 0 Å². The maximum Gasteiger partial charge on any atom is 0.303 e. The Labute approximate surface area is 222 Å². The van der Waals surface area contributed by atoms with Crippen LogP contribution in [0.15, 0.2) is 60.7 Å². The van der Waals surface area contributed by atoms with Crippen LogP contribution in [0.25, 0.3) is 11.1 Å². The first-order valence-corrected chi connectivity index (χ1v) is 13.4. The molecule has 0 atom stereocenters. The molecule has 3 aromatic rings. The lowest BCUT2D eigenvalue weighted by atomic mass is 9.69. The van der Waals surface area contributed by atoms with E-state index in [1.165, 1.54) is 22.3 Å². The fourth-order valence-corrected chi connectivity index (χ4v) is 5.26. The van der Waals surface area contributed by atoms with Crippen molar-refractivity contribution in [2.75, 3.05) is 6.61 Å². The molecule has 0 aliphatic rings. The first kappa shape index (κ1) is 28.5. The maximum absolute atomic E-state index is 10.7. The van der Waals surface area contributed by atoms with Gasteiger partial charge in [0.1, 0.15) is 5.75 Å². The molecule has 0 aliphatic heterocycles. The molecule has 0 fully saturated rings. The number of aliphatic carboxylic acids is 1. The van der Waals surface area contributed by atoms with Crippen molar-refractivity contribution in [1.82, 2.24) is 0 Å². The molecule has 0 saturated carbocycles. The van der Waals surface area contributed by atoms with E-state index in [1.54, 1.807) is 0 Å². The van der Waals surface area contributed by atoms with Crippen LogP contribution in [0.4, 0.5) is 0 Å². The van der Waals surface area contributed by atoms with E-state index in [0.29, 0.717) is 13.0 Å². The molecule has 0 amide bonds. The second kappa shape index (κ2) is 12.0. The largest absolute Gasteiger partial charge is 0.493 e. The van der Waals surface area contributed by atoms with Gasteiger partial charge in [0.05, 0.1) is 12.2 Å². The summed E-state index contributed by atoms with van der Waals surface area (Å²) in [4.78, 5) is 10.7. The number of unbranched alkanes of at least 4 members (excludes halogenated alkanes) is 1. The van der Waals surface area contributed by atoms with Crippen molar-refractivity contribution in [2.45, 2.75) is 84.7 Å². The Kier molecular flexibility index (Phi) is 9.20. The van der Waals surface area contributed by atoms with Gasteiger partial charge in [0.25, 0.3) is 0 Å². The predicted molar refractivity (Wildman–Crippen MR) is 151 cm³/mol. The van der Waals surface area contributed by atoms with Crippen molar-refractivity contribution in [3.63, 3.8) is 0 Å². The van der Waals surface area contributed by atoms with Crippen LogP contribution < -0.4 is 4.74 Å². The molecule has 3 rings (SSSR count). The van der Waals surface area contributed by atoms with E-state index in [9.17, 15) is 9.90 Å². The van der Waals surface area contributed by atoms with Gasteiger partial charge < -0.3 is 14.9 Å². The lowest BCUT2D eigenvalue weighted by Gasteiger charge is -2.34. The number of ether oxygens (including phenoxy) is 1. The number of hydrogen-bond donors (Lipinski definition) is 2. The summed E-state index contributed by atoms with van der Waals surface area (Å²) in [5.41, 5.74) is 7.11. The molecular weight excluding hydrogens is 460 g/mol. The number of carboxylic acids is 1. The third kappa shape index (κ3) is 6.61. The van der Waals surface area contributed by atoms with E-state index in [-0.39, 0.29) is 11.8 Å². The van der Waals surface area contributed by atoms with Gasteiger partial charge in [-0.15, -0.1) is 0 Å². The minimum absolute atomic E-state index is 0.108. The molecule has 0 aromatic heterocycles. The first-order chi connectivity index (χ1) is 17.5. The van der Waals surface area contributed by atoms with Crippen LogP contribution in [0.2, 0.25) is 0 Å². The molecule has 37 heavy (non-hydrogen) atoms. The molecule has 0 aliphatic carbocycles. The van der Waals surface area contributed by atoms with Gasteiger partial charge in [0.2, 0.25) is 0 Å². The summed E-state index contributed by atoms with van der Waals surface area (Å²) in [5.74, 6) is 0.0975. The molecule has 4 nitrogen and oxygen atoms in total. The van der Waals surface area contributed by atoms with Gasteiger partial charge in [0.15, 0.2) is 0 Å². The molecule has 3 aromatic carbocycles. The van der Waals surface area contributed by atoms with Crippen LogP contribution in [-0.4, -0.2) is 22.8 Å². The molecule has 0 saturated heterocycles. The number of benzene rings is 3. The summed E-state index contributed by atoms with van der Waals surface area (Å²) in [5, 5.41) is 19.3. The van der Waals surface area contributed by atoms with Crippen molar-refractivity contribution in [3.05, 3.63) is 88.5 Å². The van der Waals surface area contributed by atoms with Crippen molar-refractivity contribution >= 4 is 5.97 Å². The number of carboxylic acid groups (broad SMARTS) is 1. The highest BCUT2D eigenvalue weighted by Gasteiger charge is 2.31. The molecule has 198 valence electrons. The molecule has 0 spiro atoms. The lowest BCUT2D eigenvalue weighted by Crippen LogP contribution is -2.26. The quantitative estimate of drug-likeness (QED) is 0.247. The second-order valence-electron chi connectivity index (χ2n) is 10.6. The van der Waals surface area contributed by atoms with Crippen LogP contribution in [-0.2, 0) is 15.8 Å². The predicted octanol–water partition coefficient (Wildman–Crippen LogP) is 7.94. The molecule has 0 radical (unpaired) electrons. The zero-order valence-electron chi connectivity index (χ0n) is 23.2. The highest BCUT2D eigenvalue weighted by molar-refractivity contribution is 5.69. The zero-order chi connectivity index (χ0) is 27.2.